The SMILES string of the molecule is CCCc1c(C#N)c(=O)nc2sc3cc(OC(C)=O)c(OC(C)=O)cc3n12. The van der Waals surface area contributed by atoms with Gasteiger partial charge in [0.1, 0.15) is 11.6 Å². The summed E-state index contributed by atoms with van der Waals surface area (Å²) in [5.74, 6) is -0.963. The molecule has 2 aromatic heterocycles. The van der Waals surface area contributed by atoms with E-state index >= 15 is 0 Å². The Labute approximate surface area is 157 Å². The number of carbonyl (C=O) groups is 2. The van der Waals surface area contributed by atoms with Crippen LogP contribution in [0, 0.1) is 11.3 Å². The third kappa shape index (κ3) is 3.39. The number of hydrogen-bond donors (Lipinski definition) is 0. The van der Waals surface area contributed by atoms with Gasteiger partial charge in [-0.15, -0.1) is 0 Å². The minimum atomic E-state index is -0.576. The van der Waals surface area contributed by atoms with Crippen molar-refractivity contribution in [1.82, 2.24) is 9.38 Å². The molecule has 0 N–H and O–H groups in total. The molecule has 0 atom stereocenters. The number of carbonyl (C=O) groups excluding carboxylic acids is 2. The van der Waals surface area contributed by atoms with Crippen LogP contribution >= 0.6 is 11.3 Å². The normalized spacial score (nSPS) is 10.7. The van der Waals surface area contributed by atoms with Crippen molar-refractivity contribution >= 4 is 38.5 Å². The number of ether oxygens (including phenoxy) is 2. The lowest BCUT2D eigenvalue weighted by molar-refractivity contribution is -0.134. The zero-order valence-corrected chi connectivity index (χ0v) is 15.7. The van der Waals surface area contributed by atoms with E-state index in [0.717, 1.165) is 6.42 Å². The van der Waals surface area contributed by atoms with Crippen LogP contribution in [0.3, 0.4) is 0 Å². The Balaban J connectivity index is 2.41. The zero-order chi connectivity index (χ0) is 19.7. The lowest BCUT2D eigenvalue weighted by Crippen LogP contribution is -2.17. The molecular formula is C18H15N3O5S. The highest BCUT2D eigenvalue weighted by Crippen LogP contribution is 2.37. The molecule has 0 saturated carbocycles. The van der Waals surface area contributed by atoms with Crippen molar-refractivity contribution in [3.63, 3.8) is 0 Å². The van der Waals surface area contributed by atoms with Gasteiger partial charge in [-0.3, -0.25) is 18.8 Å². The average Bonchev–Trinajstić information content (AvgIpc) is 2.91. The largest absolute Gasteiger partial charge is 0.423 e. The highest BCUT2D eigenvalue weighted by molar-refractivity contribution is 7.23. The molecule has 0 amide bonds. The van der Waals surface area contributed by atoms with Crippen LogP contribution in [-0.4, -0.2) is 21.3 Å². The molecule has 0 saturated heterocycles. The number of benzene rings is 1. The summed E-state index contributed by atoms with van der Waals surface area (Å²) in [6.07, 6.45) is 1.22. The molecule has 0 bridgehead atoms. The van der Waals surface area contributed by atoms with Crippen LogP contribution in [-0.2, 0) is 16.0 Å². The molecule has 3 aromatic rings. The van der Waals surface area contributed by atoms with E-state index in [4.69, 9.17) is 9.47 Å². The molecule has 0 radical (unpaired) electrons. The van der Waals surface area contributed by atoms with Gasteiger partial charge in [0, 0.05) is 31.7 Å². The highest BCUT2D eigenvalue weighted by atomic mass is 32.1. The number of nitriles is 1. The minimum absolute atomic E-state index is 0.00727. The smallest absolute Gasteiger partial charge is 0.308 e. The van der Waals surface area contributed by atoms with Gasteiger partial charge in [0.15, 0.2) is 16.5 Å². The maximum Gasteiger partial charge on any atom is 0.308 e. The molecule has 0 fully saturated rings. The molecule has 9 heteroatoms. The Bertz CT molecular complexity index is 1190. The Hall–Kier alpha value is -3.25. The average molecular weight is 385 g/mol. The van der Waals surface area contributed by atoms with Crippen LogP contribution in [0.25, 0.3) is 15.2 Å². The van der Waals surface area contributed by atoms with Gasteiger partial charge in [0.25, 0.3) is 5.56 Å². The van der Waals surface area contributed by atoms with Gasteiger partial charge in [-0.25, -0.2) is 0 Å². The summed E-state index contributed by atoms with van der Waals surface area (Å²) in [7, 11) is 0. The molecule has 27 heavy (non-hydrogen) atoms. The number of hydrogen-bond acceptors (Lipinski definition) is 8. The number of rotatable bonds is 4. The van der Waals surface area contributed by atoms with E-state index in [2.05, 4.69) is 4.98 Å². The number of esters is 2. The van der Waals surface area contributed by atoms with Gasteiger partial charge in [-0.05, 0) is 6.42 Å². The van der Waals surface area contributed by atoms with Gasteiger partial charge in [-0.2, -0.15) is 10.2 Å². The standard InChI is InChI=1S/C18H15N3O5S/c1-4-5-12-11(8-19)17(24)20-18-21(12)13-6-14(25-9(2)22)15(26-10(3)23)7-16(13)27-18/h6-7H,4-5H2,1-3H3. The third-order valence-electron chi connectivity index (χ3n) is 3.73. The van der Waals surface area contributed by atoms with Crippen LogP contribution in [0.4, 0.5) is 0 Å². The van der Waals surface area contributed by atoms with E-state index in [1.165, 1.54) is 25.2 Å². The summed E-state index contributed by atoms with van der Waals surface area (Å²) < 4.78 is 12.7. The number of aryl methyl sites for hydroxylation is 1. The van der Waals surface area contributed by atoms with Gasteiger partial charge in [-0.1, -0.05) is 24.7 Å². The molecule has 8 nitrogen and oxygen atoms in total. The summed E-state index contributed by atoms with van der Waals surface area (Å²) in [6, 6.07) is 5.04. The third-order valence-corrected chi connectivity index (χ3v) is 4.74. The molecule has 2 heterocycles. The first kappa shape index (κ1) is 18.5. The van der Waals surface area contributed by atoms with Crippen molar-refractivity contribution in [1.29, 1.82) is 5.26 Å². The second-order valence-corrected chi connectivity index (χ2v) is 6.78. The molecule has 0 unspecified atom stereocenters. The maximum atomic E-state index is 12.2. The van der Waals surface area contributed by atoms with E-state index in [1.807, 2.05) is 13.0 Å². The van der Waals surface area contributed by atoms with Gasteiger partial charge in [0.05, 0.1) is 10.2 Å². The summed E-state index contributed by atoms with van der Waals surface area (Å²) >= 11 is 1.21. The Morgan fingerprint density at radius 2 is 1.85 bits per heavy atom. The molecule has 0 spiro atoms. The van der Waals surface area contributed by atoms with Crippen LogP contribution in [0.5, 0.6) is 11.5 Å². The van der Waals surface area contributed by atoms with Crippen LogP contribution in [0.2, 0.25) is 0 Å². The van der Waals surface area contributed by atoms with Gasteiger partial charge in [0.2, 0.25) is 0 Å². The molecule has 0 aliphatic heterocycles. The van der Waals surface area contributed by atoms with E-state index in [1.54, 1.807) is 16.5 Å². The van der Waals surface area contributed by atoms with Crippen molar-refractivity contribution in [3.05, 3.63) is 33.7 Å². The topological polar surface area (TPSA) is 111 Å². The fraction of sp³-hybridized carbons (Fsp3) is 0.278. The van der Waals surface area contributed by atoms with Crippen molar-refractivity contribution in [2.75, 3.05) is 0 Å². The zero-order valence-electron chi connectivity index (χ0n) is 14.9. The molecule has 0 aliphatic rings. The van der Waals surface area contributed by atoms with Crippen molar-refractivity contribution in [3.8, 4) is 17.6 Å². The van der Waals surface area contributed by atoms with E-state index in [0.29, 0.717) is 27.3 Å². The van der Waals surface area contributed by atoms with Crippen LogP contribution in [0.15, 0.2) is 16.9 Å². The molecular weight excluding hydrogens is 370 g/mol. The quantitative estimate of drug-likeness (QED) is 0.501. The second kappa shape index (κ2) is 7.17. The number of fused-ring (bicyclic) bond motifs is 3. The van der Waals surface area contributed by atoms with E-state index in [-0.39, 0.29) is 17.1 Å². The van der Waals surface area contributed by atoms with Crippen molar-refractivity contribution < 1.29 is 19.1 Å². The predicted octanol–water partition coefficient (Wildman–Crippen LogP) is 2.58. The van der Waals surface area contributed by atoms with Crippen LogP contribution in [0.1, 0.15) is 38.4 Å². The number of nitrogens with zero attached hydrogens (tertiary/aromatic N) is 3. The fourth-order valence-corrected chi connectivity index (χ4v) is 3.85. The number of aromatic nitrogens is 2. The minimum Gasteiger partial charge on any atom is -0.423 e. The van der Waals surface area contributed by atoms with Gasteiger partial charge < -0.3 is 9.47 Å². The highest BCUT2D eigenvalue weighted by Gasteiger charge is 2.20. The molecule has 3 rings (SSSR count). The summed E-state index contributed by atoms with van der Waals surface area (Å²) in [6.45, 7) is 4.42. The Kier molecular flexibility index (Phi) is 4.92. The fourth-order valence-electron chi connectivity index (χ4n) is 2.80. The first-order valence-electron chi connectivity index (χ1n) is 8.14. The second-order valence-electron chi connectivity index (χ2n) is 5.77. The lowest BCUT2D eigenvalue weighted by atomic mass is 10.1. The summed E-state index contributed by atoms with van der Waals surface area (Å²) in [5.41, 5.74) is 0.574. The van der Waals surface area contributed by atoms with Crippen molar-refractivity contribution in [2.45, 2.75) is 33.6 Å². The Morgan fingerprint density at radius 1 is 1.22 bits per heavy atom. The Morgan fingerprint density at radius 3 is 2.41 bits per heavy atom. The molecule has 1 aromatic carbocycles. The van der Waals surface area contributed by atoms with Gasteiger partial charge >= 0.3 is 11.9 Å². The first-order valence-corrected chi connectivity index (χ1v) is 8.96. The molecule has 0 aliphatic carbocycles. The van der Waals surface area contributed by atoms with E-state index in [9.17, 15) is 19.6 Å². The molecule has 138 valence electrons. The summed E-state index contributed by atoms with van der Waals surface area (Å²) in [5, 5.41) is 9.38. The predicted molar refractivity (Wildman–Crippen MR) is 98.2 cm³/mol. The first-order chi connectivity index (χ1) is 12.8. The van der Waals surface area contributed by atoms with E-state index < -0.39 is 17.5 Å². The number of thiazole rings is 1. The van der Waals surface area contributed by atoms with Crippen molar-refractivity contribution in [2.24, 2.45) is 0 Å². The maximum absolute atomic E-state index is 12.2. The monoisotopic (exact) mass is 385 g/mol. The summed E-state index contributed by atoms with van der Waals surface area (Å²) in [4.78, 5) is 39.4. The lowest BCUT2D eigenvalue weighted by Gasteiger charge is -2.10. The van der Waals surface area contributed by atoms with Crippen LogP contribution < -0.4 is 15.0 Å².